The summed E-state index contributed by atoms with van der Waals surface area (Å²) < 4.78 is 50.3. The summed E-state index contributed by atoms with van der Waals surface area (Å²) >= 11 is 0. The maximum Gasteiger partial charge on any atom is 0.241 e. The highest BCUT2D eigenvalue weighted by Gasteiger charge is 2.16. The second kappa shape index (κ2) is 7.16. The van der Waals surface area contributed by atoms with Crippen LogP contribution in [-0.2, 0) is 26.5 Å². The average molecular weight is 390 g/mol. The number of sulfonamides is 2. The Kier molecular flexibility index (Phi) is 5.10. The van der Waals surface area contributed by atoms with Crippen LogP contribution in [0.3, 0.4) is 0 Å². The highest BCUT2D eigenvalue weighted by molar-refractivity contribution is 7.89. The standard InChI is InChI=1S/C18H18N2O4S2/c19-25(21,22)16-10-8-14(9-11-16)12-13-20-26(23,24)18-7-3-5-15-4-1-2-6-17(15)18/h1-11,20H,12-13H2,(H2,19,21,22). The Hall–Kier alpha value is -2.26. The van der Waals surface area contributed by atoms with Crippen molar-refractivity contribution >= 4 is 30.8 Å². The fourth-order valence-corrected chi connectivity index (χ4v) is 4.46. The van der Waals surface area contributed by atoms with Crippen LogP contribution in [0.15, 0.2) is 76.5 Å². The molecule has 0 aliphatic rings. The molecule has 0 aliphatic carbocycles. The van der Waals surface area contributed by atoms with Crippen LogP contribution in [0.25, 0.3) is 10.8 Å². The molecule has 0 saturated carbocycles. The Bertz CT molecular complexity index is 1130. The fourth-order valence-electron chi connectivity index (χ4n) is 2.68. The summed E-state index contributed by atoms with van der Waals surface area (Å²) in [6, 6.07) is 18.5. The van der Waals surface area contributed by atoms with Crippen molar-refractivity contribution in [1.82, 2.24) is 4.72 Å². The zero-order valence-corrected chi connectivity index (χ0v) is 15.4. The number of nitrogens with two attached hydrogens (primary N) is 1. The van der Waals surface area contributed by atoms with E-state index in [0.717, 1.165) is 10.9 Å². The van der Waals surface area contributed by atoms with Gasteiger partial charge in [0, 0.05) is 11.9 Å². The predicted molar refractivity (Wildman–Crippen MR) is 101 cm³/mol. The van der Waals surface area contributed by atoms with Gasteiger partial charge in [0.05, 0.1) is 9.79 Å². The average Bonchev–Trinajstić information content (AvgIpc) is 2.61. The van der Waals surface area contributed by atoms with Crippen LogP contribution in [0, 0.1) is 0 Å². The predicted octanol–water partition coefficient (Wildman–Crippen LogP) is 2.01. The third-order valence-corrected chi connectivity index (χ3v) is 6.45. The topological polar surface area (TPSA) is 106 Å². The first-order valence-corrected chi connectivity index (χ1v) is 10.9. The summed E-state index contributed by atoms with van der Waals surface area (Å²) in [5.74, 6) is 0. The van der Waals surface area contributed by atoms with E-state index in [4.69, 9.17) is 5.14 Å². The van der Waals surface area contributed by atoms with Crippen LogP contribution in [-0.4, -0.2) is 23.4 Å². The minimum Gasteiger partial charge on any atom is -0.225 e. The van der Waals surface area contributed by atoms with Crippen LogP contribution in [0.4, 0.5) is 0 Å². The number of rotatable bonds is 6. The molecule has 3 rings (SSSR count). The van der Waals surface area contributed by atoms with Crippen LogP contribution >= 0.6 is 0 Å². The summed E-state index contributed by atoms with van der Waals surface area (Å²) in [5, 5.41) is 6.58. The summed E-state index contributed by atoms with van der Waals surface area (Å²) in [4.78, 5) is 0.262. The van der Waals surface area contributed by atoms with E-state index in [0.29, 0.717) is 11.8 Å². The van der Waals surface area contributed by atoms with Gasteiger partial charge in [-0.05, 0) is 35.6 Å². The molecule has 0 amide bonds. The fraction of sp³-hybridized carbons (Fsp3) is 0.111. The van der Waals surface area contributed by atoms with E-state index in [1.165, 1.54) is 12.1 Å². The lowest BCUT2D eigenvalue weighted by molar-refractivity contribution is 0.582. The summed E-state index contributed by atoms with van der Waals surface area (Å²) in [5.41, 5.74) is 0.804. The van der Waals surface area contributed by atoms with Crippen molar-refractivity contribution < 1.29 is 16.8 Å². The highest BCUT2D eigenvalue weighted by Crippen LogP contribution is 2.22. The third-order valence-electron chi connectivity index (χ3n) is 4.00. The monoisotopic (exact) mass is 390 g/mol. The molecule has 0 unspecified atom stereocenters. The van der Waals surface area contributed by atoms with Gasteiger partial charge in [-0.2, -0.15) is 0 Å². The summed E-state index contributed by atoms with van der Waals surface area (Å²) in [6.07, 6.45) is 0.425. The third kappa shape index (κ3) is 4.10. The van der Waals surface area contributed by atoms with Gasteiger partial charge in [-0.15, -0.1) is 0 Å². The Labute approximate surface area is 152 Å². The van der Waals surface area contributed by atoms with Gasteiger partial charge in [0.15, 0.2) is 0 Å². The first-order chi connectivity index (χ1) is 12.3. The van der Waals surface area contributed by atoms with Crippen LogP contribution in [0.2, 0.25) is 0 Å². The van der Waals surface area contributed by atoms with Crippen LogP contribution in [0.1, 0.15) is 5.56 Å². The van der Waals surface area contributed by atoms with E-state index >= 15 is 0 Å². The molecule has 0 aromatic heterocycles. The number of benzene rings is 3. The van der Waals surface area contributed by atoms with E-state index in [-0.39, 0.29) is 16.3 Å². The van der Waals surface area contributed by atoms with E-state index in [9.17, 15) is 16.8 Å². The van der Waals surface area contributed by atoms with E-state index in [1.807, 2.05) is 18.2 Å². The molecule has 3 N–H and O–H groups in total. The second-order valence-electron chi connectivity index (χ2n) is 5.81. The van der Waals surface area contributed by atoms with Crippen molar-refractivity contribution in [3.63, 3.8) is 0 Å². The van der Waals surface area contributed by atoms with Gasteiger partial charge in [-0.3, -0.25) is 0 Å². The van der Waals surface area contributed by atoms with Crippen LogP contribution in [0.5, 0.6) is 0 Å². The molecule has 3 aromatic carbocycles. The molecule has 6 nitrogen and oxygen atoms in total. The van der Waals surface area contributed by atoms with Gasteiger partial charge in [0.25, 0.3) is 0 Å². The first-order valence-electron chi connectivity index (χ1n) is 7.86. The highest BCUT2D eigenvalue weighted by atomic mass is 32.2. The van der Waals surface area contributed by atoms with Crippen molar-refractivity contribution in [3.8, 4) is 0 Å². The minimum atomic E-state index is -3.73. The largest absolute Gasteiger partial charge is 0.241 e. The molecule has 0 heterocycles. The van der Waals surface area contributed by atoms with Crippen molar-refractivity contribution in [1.29, 1.82) is 0 Å². The molecule has 0 radical (unpaired) electrons. The minimum absolute atomic E-state index is 0.0255. The lowest BCUT2D eigenvalue weighted by atomic mass is 10.1. The first kappa shape index (κ1) is 18.5. The zero-order chi connectivity index (χ0) is 18.8. The summed E-state index contributed by atoms with van der Waals surface area (Å²) in [6.45, 7) is 0.195. The van der Waals surface area contributed by atoms with E-state index < -0.39 is 20.0 Å². The van der Waals surface area contributed by atoms with Gasteiger partial charge in [0.1, 0.15) is 0 Å². The molecule has 0 spiro atoms. The van der Waals surface area contributed by atoms with E-state index in [1.54, 1.807) is 36.4 Å². The molecule has 0 aliphatic heterocycles. The number of fused-ring (bicyclic) bond motifs is 1. The molecular formula is C18H18N2O4S2. The SMILES string of the molecule is NS(=O)(=O)c1ccc(CCNS(=O)(=O)c2cccc3ccccc23)cc1. The molecule has 0 saturated heterocycles. The van der Waals surface area contributed by atoms with Gasteiger partial charge < -0.3 is 0 Å². The van der Waals surface area contributed by atoms with E-state index in [2.05, 4.69) is 4.72 Å². The van der Waals surface area contributed by atoms with Crippen molar-refractivity contribution in [3.05, 3.63) is 72.3 Å². The lowest BCUT2D eigenvalue weighted by Gasteiger charge is -2.10. The Morgan fingerprint density at radius 1 is 0.808 bits per heavy atom. The normalized spacial score (nSPS) is 12.3. The molecule has 8 heteroatoms. The van der Waals surface area contributed by atoms with Gasteiger partial charge in [0.2, 0.25) is 20.0 Å². The summed E-state index contributed by atoms with van der Waals surface area (Å²) in [7, 11) is -7.39. The van der Waals surface area contributed by atoms with Crippen molar-refractivity contribution in [2.45, 2.75) is 16.2 Å². The molecule has 26 heavy (non-hydrogen) atoms. The molecule has 0 fully saturated rings. The van der Waals surface area contributed by atoms with Crippen LogP contribution < -0.4 is 9.86 Å². The maximum absolute atomic E-state index is 12.6. The maximum atomic E-state index is 12.6. The molecular weight excluding hydrogens is 372 g/mol. The lowest BCUT2D eigenvalue weighted by Crippen LogP contribution is -2.26. The number of primary sulfonamides is 1. The Morgan fingerprint density at radius 3 is 2.15 bits per heavy atom. The molecule has 0 atom stereocenters. The smallest absolute Gasteiger partial charge is 0.225 e. The van der Waals surface area contributed by atoms with Crippen molar-refractivity contribution in [2.75, 3.05) is 6.54 Å². The quantitative estimate of drug-likeness (QED) is 0.671. The number of nitrogens with one attached hydrogen (secondary N) is 1. The Morgan fingerprint density at radius 2 is 1.46 bits per heavy atom. The molecule has 136 valence electrons. The molecule has 0 bridgehead atoms. The number of hydrogen-bond donors (Lipinski definition) is 2. The van der Waals surface area contributed by atoms with Gasteiger partial charge >= 0.3 is 0 Å². The van der Waals surface area contributed by atoms with Crippen molar-refractivity contribution in [2.24, 2.45) is 5.14 Å². The zero-order valence-electron chi connectivity index (χ0n) is 13.8. The van der Waals surface area contributed by atoms with Gasteiger partial charge in [-0.25, -0.2) is 26.7 Å². The number of hydrogen-bond acceptors (Lipinski definition) is 4. The molecule has 3 aromatic rings. The van der Waals surface area contributed by atoms with Gasteiger partial charge in [-0.1, -0.05) is 48.5 Å². The second-order valence-corrected chi connectivity index (χ2v) is 9.11. The Balaban J connectivity index is 1.73.